The van der Waals surface area contributed by atoms with Crippen LogP contribution in [-0.4, -0.2) is 58.1 Å². The molecule has 3 fully saturated rings. The molecule has 2 bridgehead atoms. The lowest BCUT2D eigenvalue weighted by molar-refractivity contribution is -0.132. The molecule has 7 heteroatoms. The first-order chi connectivity index (χ1) is 13.6. The summed E-state index contributed by atoms with van der Waals surface area (Å²) in [5.41, 5.74) is 3.78. The minimum absolute atomic E-state index is 0.0457. The van der Waals surface area contributed by atoms with Crippen LogP contribution in [0.5, 0.6) is 0 Å². The van der Waals surface area contributed by atoms with Crippen LogP contribution in [0, 0.1) is 24.7 Å². The van der Waals surface area contributed by atoms with Crippen LogP contribution in [-0.2, 0) is 16.0 Å². The maximum Gasteiger partial charge on any atom is 0.229 e. The van der Waals surface area contributed by atoms with Crippen molar-refractivity contribution in [2.75, 3.05) is 26.2 Å². The molecule has 3 aliphatic carbocycles. The second-order valence-corrected chi connectivity index (χ2v) is 9.16. The van der Waals surface area contributed by atoms with Gasteiger partial charge in [-0.1, -0.05) is 23.2 Å². The zero-order chi connectivity index (χ0) is 19.3. The van der Waals surface area contributed by atoms with Gasteiger partial charge in [-0.05, 0) is 55.1 Å². The minimum Gasteiger partial charge on any atom is -0.335 e. The summed E-state index contributed by atoms with van der Waals surface area (Å²) in [6.07, 6.45) is 7.62. The van der Waals surface area contributed by atoms with Crippen molar-refractivity contribution >= 4 is 11.8 Å². The van der Waals surface area contributed by atoms with Gasteiger partial charge in [-0.25, -0.2) is 4.63 Å². The van der Waals surface area contributed by atoms with E-state index in [0.29, 0.717) is 49.4 Å². The van der Waals surface area contributed by atoms with Crippen molar-refractivity contribution in [2.24, 2.45) is 17.8 Å². The van der Waals surface area contributed by atoms with Gasteiger partial charge >= 0.3 is 0 Å². The Morgan fingerprint density at radius 1 is 0.964 bits per heavy atom. The predicted octanol–water partition coefficient (Wildman–Crippen LogP) is 2.12. The van der Waals surface area contributed by atoms with Gasteiger partial charge in [-0.2, -0.15) is 0 Å². The number of rotatable bonds is 4. The van der Waals surface area contributed by atoms with E-state index in [1.807, 2.05) is 9.80 Å². The maximum absolute atomic E-state index is 12.9. The summed E-state index contributed by atoms with van der Waals surface area (Å²) in [4.78, 5) is 29.3. The lowest BCUT2D eigenvalue weighted by Gasteiger charge is -2.42. The molecule has 150 valence electrons. The van der Waals surface area contributed by atoms with Crippen LogP contribution in [0.25, 0.3) is 0 Å². The van der Waals surface area contributed by atoms with Crippen molar-refractivity contribution in [3.05, 3.63) is 22.5 Å². The molecule has 1 aromatic rings. The number of aromatic nitrogens is 2. The standard InChI is InChI=1S/C21H28N4O3/c1-13-19(23-28-22-13)8-21(27)25-11-17-9-24(10-18(17)12-25)20(26)7-16-6-14-2-4-15(16)5-3-14/h14-16H,2-12H2,1H3. The fraction of sp³-hybridized carbons (Fsp3) is 0.714. The third-order valence-electron chi connectivity index (χ3n) is 7.43. The molecule has 3 saturated carbocycles. The highest BCUT2D eigenvalue weighted by atomic mass is 16.6. The molecule has 6 rings (SSSR count). The van der Waals surface area contributed by atoms with Gasteiger partial charge in [0.2, 0.25) is 11.8 Å². The van der Waals surface area contributed by atoms with Crippen LogP contribution >= 0.6 is 0 Å². The average Bonchev–Trinajstić information content (AvgIpc) is 3.38. The van der Waals surface area contributed by atoms with Crippen LogP contribution in [0.2, 0.25) is 0 Å². The Labute approximate surface area is 165 Å². The van der Waals surface area contributed by atoms with Crippen molar-refractivity contribution in [1.82, 2.24) is 20.1 Å². The topological polar surface area (TPSA) is 79.5 Å². The summed E-state index contributed by atoms with van der Waals surface area (Å²) < 4.78 is 4.68. The molecule has 0 aromatic carbocycles. The van der Waals surface area contributed by atoms with Gasteiger partial charge in [0.25, 0.3) is 0 Å². The van der Waals surface area contributed by atoms with Crippen molar-refractivity contribution < 1.29 is 14.2 Å². The summed E-state index contributed by atoms with van der Waals surface area (Å²) >= 11 is 0. The van der Waals surface area contributed by atoms with Crippen LogP contribution in [0.3, 0.4) is 0 Å². The number of amides is 2. The molecule has 2 amide bonds. The summed E-state index contributed by atoms with van der Waals surface area (Å²) in [7, 11) is 0. The summed E-state index contributed by atoms with van der Waals surface area (Å²) in [6.45, 7) is 4.46. The first-order valence-corrected chi connectivity index (χ1v) is 10.6. The maximum atomic E-state index is 12.9. The van der Waals surface area contributed by atoms with E-state index in [1.165, 1.54) is 43.3 Å². The van der Waals surface area contributed by atoms with Crippen LogP contribution in [0.15, 0.2) is 15.8 Å². The van der Waals surface area contributed by atoms with E-state index in [2.05, 4.69) is 14.9 Å². The normalized spacial score (nSPS) is 29.0. The highest BCUT2D eigenvalue weighted by Gasteiger charge is 2.39. The third kappa shape index (κ3) is 3.25. The third-order valence-corrected chi connectivity index (χ3v) is 7.43. The van der Waals surface area contributed by atoms with Gasteiger partial charge in [-0.3, -0.25) is 9.59 Å². The molecule has 2 aliphatic heterocycles. The highest BCUT2D eigenvalue weighted by molar-refractivity contribution is 5.81. The second-order valence-electron chi connectivity index (χ2n) is 9.16. The Balaban J connectivity index is 1.12. The molecule has 5 aliphatic rings. The van der Waals surface area contributed by atoms with Crippen molar-refractivity contribution in [3.8, 4) is 0 Å². The van der Waals surface area contributed by atoms with E-state index in [9.17, 15) is 9.59 Å². The number of aryl methyl sites for hydroxylation is 1. The van der Waals surface area contributed by atoms with Crippen LogP contribution in [0.1, 0.15) is 49.9 Å². The Bertz CT molecular complexity index is 803. The van der Waals surface area contributed by atoms with Gasteiger partial charge in [-0.15, -0.1) is 0 Å². The number of carbonyl (C=O) groups is 2. The lowest BCUT2D eigenvalue weighted by atomic mass is 9.64. The van der Waals surface area contributed by atoms with Crippen LogP contribution < -0.4 is 0 Å². The smallest absolute Gasteiger partial charge is 0.229 e. The molecule has 0 N–H and O–H groups in total. The Morgan fingerprint density at radius 2 is 1.61 bits per heavy atom. The van der Waals surface area contributed by atoms with Gasteiger partial charge in [0, 0.05) is 32.6 Å². The molecule has 28 heavy (non-hydrogen) atoms. The first kappa shape index (κ1) is 17.9. The van der Waals surface area contributed by atoms with Gasteiger partial charge in [0.1, 0.15) is 11.4 Å². The quantitative estimate of drug-likeness (QED) is 0.743. The molecular formula is C21H28N4O3. The Kier molecular flexibility index (Phi) is 4.48. The summed E-state index contributed by atoms with van der Waals surface area (Å²) in [5.74, 6) is 2.61. The monoisotopic (exact) mass is 384 g/mol. The van der Waals surface area contributed by atoms with Gasteiger partial charge in [0.15, 0.2) is 0 Å². The number of carbonyl (C=O) groups excluding carboxylic acids is 2. The SMILES string of the molecule is Cc1nonc1CC(=O)N1CC2=C(C1)CN(C(=O)CC1CC3CCC1CC3)C2. The molecule has 0 saturated heterocycles. The molecule has 7 nitrogen and oxygen atoms in total. The number of hydrogen-bond acceptors (Lipinski definition) is 5. The van der Waals surface area contributed by atoms with E-state index in [1.54, 1.807) is 6.92 Å². The zero-order valence-electron chi connectivity index (χ0n) is 16.5. The fourth-order valence-electron chi connectivity index (χ4n) is 5.72. The molecular weight excluding hydrogens is 356 g/mol. The number of nitrogens with zero attached hydrogens (tertiary/aromatic N) is 4. The highest BCUT2D eigenvalue weighted by Crippen LogP contribution is 2.46. The first-order valence-electron chi connectivity index (χ1n) is 10.6. The summed E-state index contributed by atoms with van der Waals surface area (Å²) in [5, 5.41) is 7.54. The molecule has 1 atom stereocenters. The Morgan fingerprint density at radius 3 is 2.14 bits per heavy atom. The van der Waals surface area contributed by atoms with Gasteiger partial charge in [0.05, 0.1) is 6.42 Å². The fourth-order valence-corrected chi connectivity index (χ4v) is 5.72. The van der Waals surface area contributed by atoms with E-state index >= 15 is 0 Å². The second kappa shape index (κ2) is 7.01. The van der Waals surface area contributed by atoms with E-state index in [0.717, 1.165) is 18.3 Å². The predicted molar refractivity (Wildman–Crippen MR) is 101 cm³/mol. The summed E-state index contributed by atoms with van der Waals surface area (Å²) in [6, 6.07) is 0. The molecule has 0 spiro atoms. The number of fused-ring (bicyclic) bond motifs is 3. The molecule has 3 heterocycles. The van der Waals surface area contributed by atoms with Crippen molar-refractivity contribution in [2.45, 2.75) is 51.9 Å². The minimum atomic E-state index is 0.0457. The molecule has 0 radical (unpaired) electrons. The Hall–Kier alpha value is -2.18. The zero-order valence-corrected chi connectivity index (χ0v) is 16.5. The van der Waals surface area contributed by atoms with Gasteiger partial charge < -0.3 is 9.80 Å². The van der Waals surface area contributed by atoms with E-state index in [4.69, 9.17) is 0 Å². The average molecular weight is 384 g/mol. The molecule has 1 unspecified atom stereocenters. The van der Waals surface area contributed by atoms with Crippen molar-refractivity contribution in [1.29, 1.82) is 0 Å². The largest absolute Gasteiger partial charge is 0.335 e. The lowest BCUT2D eigenvalue weighted by Crippen LogP contribution is -2.39. The van der Waals surface area contributed by atoms with E-state index in [-0.39, 0.29) is 12.3 Å². The molecule has 1 aromatic heterocycles. The van der Waals surface area contributed by atoms with Crippen molar-refractivity contribution in [3.63, 3.8) is 0 Å². The van der Waals surface area contributed by atoms with E-state index < -0.39 is 0 Å². The van der Waals surface area contributed by atoms with Crippen LogP contribution in [0.4, 0.5) is 0 Å². The number of hydrogen-bond donors (Lipinski definition) is 0.